The Kier molecular flexibility index (Phi) is 4.27. The molecule has 0 saturated heterocycles. The van der Waals surface area contributed by atoms with Gasteiger partial charge in [0.15, 0.2) is 5.78 Å². The summed E-state index contributed by atoms with van der Waals surface area (Å²) < 4.78 is 5.12. The van der Waals surface area contributed by atoms with Crippen LogP contribution >= 0.6 is 0 Å². The van der Waals surface area contributed by atoms with Crippen LogP contribution in [0.1, 0.15) is 28.8 Å². The van der Waals surface area contributed by atoms with E-state index in [0.717, 1.165) is 0 Å². The van der Waals surface area contributed by atoms with Crippen molar-refractivity contribution in [1.29, 1.82) is 0 Å². The van der Waals surface area contributed by atoms with Crippen LogP contribution in [0.3, 0.4) is 0 Å². The van der Waals surface area contributed by atoms with Gasteiger partial charge in [-0.2, -0.15) is 0 Å². The van der Waals surface area contributed by atoms with Gasteiger partial charge < -0.3 is 21.0 Å². The Hall–Kier alpha value is -2.67. The Balaban J connectivity index is 2.47. The number of carboxylic acids is 1. The number of anilines is 1. The average Bonchev–Trinajstić information content (AvgIpc) is 2.43. The van der Waals surface area contributed by atoms with Crippen LogP contribution in [0.4, 0.5) is 5.69 Å². The monoisotopic (exact) mass is 304 g/mol. The van der Waals surface area contributed by atoms with Gasteiger partial charge in [-0.15, -0.1) is 0 Å². The number of fused-ring (bicyclic) bond motifs is 1. The summed E-state index contributed by atoms with van der Waals surface area (Å²) in [4.78, 5) is 34.9. The maximum atomic E-state index is 12.3. The maximum Gasteiger partial charge on any atom is 0.347 e. The fourth-order valence-corrected chi connectivity index (χ4v) is 2.25. The molecule has 1 heterocycles. The Bertz CT molecular complexity index is 809. The van der Waals surface area contributed by atoms with Crippen LogP contribution in [0.2, 0.25) is 0 Å². The molecule has 1 atom stereocenters. The lowest BCUT2D eigenvalue weighted by Crippen LogP contribution is -2.34. The summed E-state index contributed by atoms with van der Waals surface area (Å²) in [6.45, 7) is 1.62. The molecule has 0 fully saturated rings. The van der Waals surface area contributed by atoms with Gasteiger partial charge in [-0.25, -0.2) is 4.79 Å². The van der Waals surface area contributed by atoms with Gasteiger partial charge in [0.05, 0.1) is 6.04 Å². The number of nitrogens with two attached hydrogens (primary N) is 2. The van der Waals surface area contributed by atoms with E-state index in [1.165, 1.54) is 6.07 Å². The van der Waals surface area contributed by atoms with E-state index in [9.17, 15) is 14.4 Å². The lowest BCUT2D eigenvalue weighted by molar-refractivity contribution is -0.137. The molecule has 1 aromatic heterocycles. The molecule has 22 heavy (non-hydrogen) atoms. The van der Waals surface area contributed by atoms with E-state index < -0.39 is 23.4 Å². The lowest BCUT2D eigenvalue weighted by atomic mass is 9.97. The lowest BCUT2D eigenvalue weighted by Gasteiger charge is -2.11. The molecule has 116 valence electrons. The molecule has 1 unspecified atom stereocenters. The third kappa shape index (κ3) is 2.99. The quantitative estimate of drug-likeness (QED) is 0.426. The number of ketones is 1. The van der Waals surface area contributed by atoms with Crippen LogP contribution in [0.5, 0.6) is 0 Å². The number of aliphatic carboxylic acids is 1. The van der Waals surface area contributed by atoms with Gasteiger partial charge in [0.2, 0.25) is 0 Å². The van der Waals surface area contributed by atoms with Gasteiger partial charge in [0.25, 0.3) is 0 Å². The molecular weight excluding hydrogens is 288 g/mol. The zero-order valence-corrected chi connectivity index (χ0v) is 12.0. The fourth-order valence-electron chi connectivity index (χ4n) is 2.25. The third-order valence-electron chi connectivity index (χ3n) is 3.44. The van der Waals surface area contributed by atoms with Gasteiger partial charge >= 0.3 is 11.6 Å². The maximum absolute atomic E-state index is 12.3. The normalized spacial score (nSPS) is 12.3. The standard InChI is InChI=1S/C15H16N2O5/c1-7-9-3-2-8(16)6-11(9)22-15(21)13(7)14(20)10(17)4-5-12(18)19/h2-3,6,10H,4-5,16-17H2,1H3,(H,18,19). The van der Waals surface area contributed by atoms with Gasteiger partial charge in [0.1, 0.15) is 11.1 Å². The number of carbonyl (C=O) groups is 2. The molecule has 0 aliphatic carbocycles. The van der Waals surface area contributed by atoms with E-state index in [1.54, 1.807) is 19.1 Å². The first kappa shape index (κ1) is 15.7. The molecule has 0 bridgehead atoms. The highest BCUT2D eigenvalue weighted by Crippen LogP contribution is 2.22. The first-order chi connectivity index (χ1) is 10.3. The number of hydrogen-bond donors (Lipinski definition) is 3. The highest BCUT2D eigenvalue weighted by molar-refractivity contribution is 6.04. The zero-order valence-electron chi connectivity index (χ0n) is 12.0. The molecule has 1 aromatic carbocycles. The molecule has 0 aliphatic rings. The van der Waals surface area contributed by atoms with Crippen molar-refractivity contribution in [2.75, 3.05) is 5.73 Å². The van der Waals surface area contributed by atoms with E-state index in [-0.39, 0.29) is 24.0 Å². The molecule has 0 amide bonds. The Morgan fingerprint density at radius 1 is 1.36 bits per heavy atom. The summed E-state index contributed by atoms with van der Waals surface area (Å²) in [5.74, 6) is -1.67. The fraction of sp³-hybridized carbons (Fsp3) is 0.267. The molecule has 5 N–H and O–H groups in total. The largest absolute Gasteiger partial charge is 0.481 e. The second kappa shape index (κ2) is 5.98. The number of aryl methyl sites for hydroxylation is 1. The zero-order chi connectivity index (χ0) is 16.4. The summed E-state index contributed by atoms with van der Waals surface area (Å²) in [6, 6.07) is 3.72. The molecule has 7 nitrogen and oxygen atoms in total. The Morgan fingerprint density at radius 2 is 2.05 bits per heavy atom. The molecule has 7 heteroatoms. The van der Waals surface area contributed by atoms with Crippen LogP contribution < -0.4 is 17.1 Å². The number of Topliss-reactive ketones (excluding diaryl/α,β-unsaturated/α-hetero) is 1. The van der Waals surface area contributed by atoms with E-state index in [2.05, 4.69) is 0 Å². The van der Waals surface area contributed by atoms with Crippen molar-refractivity contribution in [3.05, 3.63) is 39.7 Å². The summed E-state index contributed by atoms with van der Waals surface area (Å²) in [7, 11) is 0. The van der Waals surface area contributed by atoms with Crippen LogP contribution in [-0.4, -0.2) is 22.9 Å². The van der Waals surface area contributed by atoms with Crippen molar-refractivity contribution in [2.24, 2.45) is 5.73 Å². The van der Waals surface area contributed by atoms with E-state index in [0.29, 0.717) is 16.6 Å². The van der Waals surface area contributed by atoms with Crippen LogP contribution in [0.15, 0.2) is 27.4 Å². The highest BCUT2D eigenvalue weighted by Gasteiger charge is 2.24. The first-order valence-electron chi connectivity index (χ1n) is 6.65. The molecular formula is C15H16N2O5. The van der Waals surface area contributed by atoms with Gasteiger partial charge in [-0.1, -0.05) is 0 Å². The molecule has 2 aromatic rings. The second-order valence-electron chi connectivity index (χ2n) is 5.05. The Labute approximate surface area is 125 Å². The number of hydrogen-bond acceptors (Lipinski definition) is 6. The summed E-state index contributed by atoms with van der Waals surface area (Å²) in [5.41, 5.74) is 11.6. The van der Waals surface area contributed by atoms with Crippen molar-refractivity contribution in [2.45, 2.75) is 25.8 Å². The van der Waals surface area contributed by atoms with Crippen molar-refractivity contribution >= 4 is 28.4 Å². The van der Waals surface area contributed by atoms with Gasteiger partial charge in [-0.05, 0) is 31.0 Å². The van der Waals surface area contributed by atoms with Crippen LogP contribution in [0.25, 0.3) is 11.0 Å². The summed E-state index contributed by atoms with van der Waals surface area (Å²) >= 11 is 0. The van der Waals surface area contributed by atoms with Gasteiger partial charge in [-0.3, -0.25) is 9.59 Å². The number of nitrogen functional groups attached to an aromatic ring is 1. The number of carbonyl (C=O) groups excluding carboxylic acids is 1. The number of carboxylic acid groups (broad SMARTS) is 1. The van der Waals surface area contributed by atoms with Crippen molar-refractivity contribution < 1.29 is 19.1 Å². The highest BCUT2D eigenvalue weighted by atomic mass is 16.4. The molecule has 0 spiro atoms. The predicted octanol–water partition coefficient (Wildman–Crippen LogP) is 1.06. The van der Waals surface area contributed by atoms with E-state index >= 15 is 0 Å². The van der Waals surface area contributed by atoms with Crippen LogP contribution in [0, 0.1) is 6.92 Å². The van der Waals surface area contributed by atoms with E-state index in [1.807, 2.05) is 0 Å². The number of rotatable bonds is 5. The van der Waals surface area contributed by atoms with Crippen molar-refractivity contribution in [3.63, 3.8) is 0 Å². The summed E-state index contributed by atoms with van der Waals surface area (Å²) in [6.07, 6.45) is -0.297. The molecule has 0 radical (unpaired) electrons. The average molecular weight is 304 g/mol. The number of benzene rings is 1. The van der Waals surface area contributed by atoms with Crippen molar-refractivity contribution in [1.82, 2.24) is 0 Å². The molecule has 0 aliphatic heterocycles. The van der Waals surface area contributed by atoms with Crippen molar-refractivity contribution in [3.8, 4) is 0 Å². The second-order valence-corrected chi connectivity index (χ2v) is 5.05. The topological polar surface area (TPSA) is 137 Å². The summed E-state index contributed by atoms with van der Waals surface area (Å²) in [5, 5.41) is 9.22. The van der Waals surface area contributed by atoms with E-state index in [4.69, 9.17) is 21.0 Å². The minimum absolute atomic E-state index is 0.0488. The predicted molar refractivity (Wildman–Crippen MR) is 80.8 cm³/mol. The minimum Gasteiger partial charge on any atom is -0.481 e. The van der Waals surface area contributed by atoms with Crippen LogP contribution in [-0.2, 0) is 4.79 Å². The Morgan fingerprint density at radius 3 is 2.68 bits per heavy atom. The van der Waals surface area contributed by atoms with Gasteiger partial charge in [0, 0.05) is 23.6 Å². The molecule has 2 rings (SSSR count). The third-order valence-corrected chi connectivity index (χ3v) is 3.44. The molecule has 0 saturated carbocycles. The minimum atomic E-state index is -1.07. The smallest absolute Gasteiger partial charge is 0.347 e. The first-order valence-corrected chi connectivity index (χ1v) is 6.65. The SMILES string of the molecule is Cc1c(C(=O)C(N)CCC(=O)O)c(=O)oc2cc(N)ccc12.